The van der Waals surface area contributed by atoms with E-state index < -0.39 is 0 Å². The van der Waals surface area contributed by atoms with Gasteiger partial charge in [0.25, 0.3) is 0 Å². The summed E-state index contributed by atoms with van der Waals surface area (Å²) in [6.07, 6.45) is 1.18. The molecule has 2 rings (SSSR count). The second-order valence-corrected chi connectivity index (χ2v) is 7.43. The Balaban J connectivity index is 2.04. The maximum Gasteiger partial charge on any atom is 0.119 e. The van der Waals surface area contributed by atoms with Gasteiger partial charge in [-0.25, -0.2) is 0 Å². The van der Waals surface area contributed by atoms with Crippen molar-refractivity contribution in [2.24, 2.45) is 5.41 Å². The first-order valence-corrected chi connectivity index (χ1v) is 7.06. The van der Waals surface area contributed by atoms with E-state index in [-0.39, 0.29) is 22.3 Å². The first-order chi connectivity index (χ1) is 8.21. The average Bonchev–Trinajstić information content (AvgIpc) is 2.28. The van der Waals surface area contributed by atoms with Gasteiger partial charge in [0.1, 0.15) is 11.9 Å². The van der Waals surface area contributed by atoms with Gasteiger partial charge in [-0.1, -0.05) is 46.8 Å². The molecule has 0 aliphatic heterocycles. The van der Waals surface area contributed by atoms with Gasteiger partial charge in [-0.3, -0.25) is 0 Å². The number of benzene rings is 1. The molecule has 1 aliphatic carbocycles. The first-order valence-electron chi connectivity index (χ1n) is 6.62. The lowest BCUT2D eigenvalue weighted by molar-refractivity contribution is -0.0130. The van der Waals surface area contributed by atoms with Crippen LogP contribution in [0.25, 0.3) is 0 Å². The van der Waals surface area contributed by atoms with E-state index in [2.05, 4.69) is 58.9 Å². The quantitative estimate of drug-likeness (QED) is 0.701. The fourth-order valence-electron chi connectivity index (χ4n) is 2.23. The molecule has 1 aliphatic rings. The Labute approximate surface area is 115 Å². The van der Waals surface area contributed by atoms with Gasteiger partial charge in [0.15, 0.2) is 0 Å². The molecule has 0 heterocycles. The van der Waals surface area contributed by atoms with Crippen LogP contribution < -0.4 is 4.74 Å². The van der Waals surface area contributed by atoms with Gasteiger partial charge in [-0.2, -0.15) is 0 Å². The van der Waals surface area contributed by atoms with Crippen LogP contribution in [0, 0.1) is 5.41 Å². The van der Waals surface area contributed by atoms with Gasteiger partial charge in [0, 0.05) is 17.2 Å². The van der Waals surface area contributed by atoms with Crippen molar-refractivity contribution in [2.45, 2.75) is 57.9 Å². The van der Waals surface area contributed by atoms with Gasteiger partial charge in [0.2, 0.25) is 0 Å². The monoisotopic (exact) mass is 266 g/mol. The molecule has 0 amide bonds. The van der Waals surface area contributed by atoms with Gasteiger partial charge < -0.3 is 4.74 Å². The van der Waals surface area contributed by atoms with Crippen LogP contribution in [0.2, 0.25) is 0 Å². The van der Waals surface area contributed by atoms with Crippen molar-refractivity contribution >= 4 is 11.6 Å². The van der Waals surface area contributed by atoms with Crippen LogP contribution in [0.5, 0.6) is 5.75 Å². The molecule has 0 bridgehead atoms. The van der Waals surface area contributed by atoms with E-state index in [1.807, 2.05) is 0 Å². The van der Waals surface area contributed by atoms with Crippen molar-refractivity contribution < 1.29 is 4.74 Å². The molecule has 2 unspecified atom stereocenters. The topological polar surface area (TPSA) is 9.23 Å². The third-order valence-electron chi connectivity index (χ3n) is 4.06. The molecule has 2 atom stereocenters. The van der Waals surface area contributed by atoms with Gasteiger partial charge in [-0.05, 0) is 23.1 Å². The van der Waals surface area contributed by atoms with E-state index in [4.69, 9.17) is 16.3 Å². The number of hydrogen-bond acceptors (Lipinski definition) is 1. The summed E-state index contributed by atoms with van der Waals surface area (Å²) in [5, 5.41) is 0.233. The number of alkyl halides is 1. The Kier molecular flexibility index (Phi) is 3.40. The molecule has 1 fully saturated rings. The van der Waals surface area contributed by atoms with Gasteiger partial charge in [-0.15, -0.1) is 11.6 Å². The highest BCUT2D eigenvalue weighted by Gasteiger charge is 2.49. The maximum atomic E-state index is 6.21. The zero-order valence-corrected chi connectivity index (χ0v) is 12.7. The third kappa shape index (κ3) is 2.51. The van der Waals surface area contributed by atoms with Crippen molar-refractivity contribution in [1.82, 2.24) is 0 Å². The summed E-state index contributed by atoms with van der Waals surface area (Å²) in [5.74, 6) is 0.949. The summed E-state index contributed by atoms with van der Waals surface area (Å²) in [7, 11) is 0. The third-order valence-corrected chi connectivity index (χ3v) is 4.80. The van der Waals surface area contributed by atoms with E-state index in [1.54, 1.807) is 0 Å². The van der Waals surface area contributed by atoms with E-state index >= 15 is 0 Å². The lowest BCUT2D eigenvalue weighted by Crippen LogP contribution is -2.53. The largest absolute Gasteiger partial charge is 0.490 e. The van der Waals surface area contributed by atoms with Crippen LogP contribution in [0.15, 0.2) is 24.3 Å². The van der Waals surface area contributed by atoms with Crippen molar-refractivity contribution in [3.63, 3.8) is 0 Å². The lowest BCUT2D eigenvalue weighted by Gasteiger charge is -2.48. The molecule has 100 valence electrons. The van der Waals surface area contributed by atoms with E-state index in [1.165, 1.54) is 5.56 Å². The van der Waals surface area contributed by atoms with Crippen LogP contribution in [0.4, 0.5) is 0 Å². The van der Waals surface area contributed by atoms with Crippen LogP contribution in [-0.2, 0) is 5.41 Å². The number of rotatable bonds is 2. The molecule has 1 saturated carbocycles. The molecular formula is C16H23ClO. The Bertz CT molecular complexity index is 414. The van der Waals surface area contributed by atoms with Crippen LogP contribution >= 0.6 is 11.6 Å². The molecule has 1 aromatic carbocycles. The van der Waals surface area contributed by atoms with Crippen molar-refractivity contribution in [1.29, 1.82) is 0 Å². The molecule has 2 heteroatoms. The molecule has 1 nitrogen and oxygen atoms in total. The normalized spacial score (nSPS) is 26.6. The maximum absolute atomic E-state index is 6.21. The highest BCUT2D eigenvalue weighted by atomic mass is 35.5. The highest BCUT2D eigenvalue weighted by Crippen LogP contribution is 2.46. The minimum absolute atomic E-state index is 0.0737. The van der Waals surface area contributed by atoms with Crippen LogP contribution in [-0.4, -0.2) is 11.5 Å². The fourth-order valence-corrected chi connectivity index (χ4v) is 2.54. The molecule has 0 saturated heterocycles. The fraction of sp³-hybridized carbons (Fsp3) is 0.625. The standard InChI is InChI=1S/C16H23ClO/c1-15(2,3)11-6-8-12(9-7-11)18-14-10-13(17)16(14,4)5/h6-9,13-14H,10H2,1-5H3. The molecule has 18 heavy (non-hydrogen) atoms. The summed E-state index contributed by atoms with van der Waals surface area (Å²) in [5.41, 5.74) is 1.60. The minimum atomic E-state index is 0.0737. The van der Waals surface area contributed by atoms with Crippen molar-refractivity contribution in [2.75, 3.05) is 0 Å². The molecular weight excluding hydrogens is 244 g/mol. The molecule has 1 aromatic rings. The van der Waals surface area contributed by atoms with Crippen molar-refractivity contribution in [3.8, 4) is 5.75 Å². The Hall–Kier alpha value is -0.690. The first kappa shape index (κ1) is 13.7. The minimum Gasteiger partial charge on any atom is -0.490 e. The van der Waals surface area contributed by atoms with Gasteiger partial charge in [0.05, 0.1) is 0 Å². The SMILES string of the molecule is CC(C)(C)c1ccc(OC2CC(Cl)C2(C)C)cc1. The number of hydrogen-bond donors (Lipinski definition) is 0. The number of ether oxygens (including phenoxy) is 1. The second kappa shape index (κ2) is 4.45. The zero-order chi connectivity index (χ0) is 13.6. The summed E-state index contributed by atoms with van der Waals surface area (Å²) >= 11 is 6.21. The van der Waals surface area contributed by atoms with Gasteiger partial charge >= 0.3 is 0 Å². The molecule has 0 aromatic heterocycles. The van der Waals surface area contributed by atoms with Crippen LogP contribution in [0.1, 0.15) is 46.6 Å². The van der Waals surface area contributed by atoms with E-state index in [0.717, 1.165) is 12.2 Å². The van der Waals surface area contributed by atoms with E-state index in [9.17, 15) is 0 Å². The smallest absolute Gasteiger partial charge is 0.119 e. The molecule has 0 radical (unpaired) electrons. The zero-order valence-electron chi connectivity index (χ0n) is 12.0. The predicted octanol–water partition coefficient (Wildman–Crippen LogP) is 4.77. The Morgan fingerprint density at radius 1 is 1.17 bits per heavy atom. The average molecular weight is 267 g/mol. The summed E-state index contributed by atoms with van der Waals surface area (Å²) < 4.78 is 6.02. The lowest BCUT2D eigenvalue weighted by atomic mass is 9.68. The summed E-state index contributed by atoms with van der Waals surface area (Å²) in [6.45, 7) is 11.0. The van der Waals surface area contributed by atoms with Crippen LogP contribution in [0.3, 0.4) is 0 Å². The molecule has 0 spiro atoms. The predicted molar refractivity (Wildman–Crippen MR) is 77.6 cm³/mol. The van der Waals surface area contributed by atoms with E-state index in [0.29, 0.717) is 0 Å². The highest BCUT2D eigenvalue weighted by molar-refractivity contribution is 6.21. The summed E-state index contributed by atoms with van der Waals surface area (Å²) in [6, 6.07) is 8.44. The van der Waals surface area contributed by atoms with Crippen molar-refractivity contribution in [3.05, 3.63) is 29.8 Å². The Morgan fingerprint density at radius 2 is 1.72 bits per heavy atom. The second-order valence-electron chi connectivity index (χ2n) is 6.91. The molecule has 0 N–H and O–H groups in total. The Morgan fingerprint density at radius 3 is 2.11 bits per heavy atom. The number of halogens is 1. The summed E-state index contributed by atoms with van der Waals surface area (Å²) in [4.78, 5) is 0.